The largest absolute Gasteiger partial charge is 0.500 e. The van der Waals surface area contributed by atoms with Gasteiger partial charge in [-0.2, -0.15) is 0 Å². The molecule has 1 unspecified atom stereocenters. The van der Waals surface area contributed by atoms with Crippen LogP contribution in [0.5, 0.6) is 0 Å². The van der Waals surface area contributed by atoms with Crippen LogP contribution in [0.2, 0.25) is 19.6 Å². The maximum absolute atomic E-state index is 13.5. The SMILES string of the molecule is C[Si](C)(C)c1ccc(-c2[c-]ccc3c2oc2cc(F)ccc23)nc1.[2H]C(C)(c1ccccc1)c1ccc2oc3c(-c4cc(C([2H])([2H])C(C)C)ccn4)[c-]ccc3c2n1.[Ir]. The van der Waals surface area contributed by atoms with Gasteiger partial charge in [-0.15, -0.1) is 36.4 Å². The zero-order valence-corrected chi connectivity index (χ0v) is 35.4. The molecule has 0 aliphatic carbocycles. The molecule has 5 aromatic heterocycles. The second-order valence-corrected chi connectivity index (χ2v) is 20.1. The summed E-state index contributed by atoms with van der Waals surface area (Å²) in [7, 11) is -1.38. The Balaban J connectivity index is 0.000000186. The number of fused-ring (bicyclic) bond motifs is 6. The zero-order chi connectivity index (χ0) is 41.0. The van der Waals surface area contributed by atoms with Crippen LogP contribution in [0, 0.1) is 23.9 Å². The summed E-state index contributed by atoms with van der Waals surface area (Å²) in [6.07, 6.45) is 2.10. The molecule has 1 atom stereocenters. The smallest absolute Gasteiger partial charge is 0.139 e. The molecule has 0 saturated heterocycles. The Morgan fingerprint density at radius 2 is 1.46 bits per heavy atom. The third-order valence-corrected chi connectivity index (χ3v) is 11.6. The summed E-state index contributed by atoms with van der Waals surface area (Å²) in [5, 5.41) is 3.98. The van der Waals surface area contributed by atoms with Gasteiger partial charge in [0.05, 0.1) is 24.8 Å². The molecule has 283 valence electrons. The standard InChI is InChI=1S/C28H25N2O.C20H17FNOSi.Ir/c1-18(2)16-20-14-15-29-25(17-20)22-10-7-11-23-27-26(31-28(22)23)13-12-24(30-27)19(3)21-8-5-4-6-9-21;1-24(2,3)14-8-10-18(22-12-14)17-6-4-5-16-15-9-7-13(21)11-19(15)23-20(16)17;/h4-9,11-15,17-19H,16H2,1-3H3;4-5,7-12H,1-3H3;/q2*-1;/i16D2,19D;;. The maximum Gasteiger partial charge on any atom is 0.139 e. The fourth-order valence-corrected chi connectivity index (χ4v) is 7.76. The van der Waals surface area contributed by atoms with Crippen molar-refractivity contribution in [1.82, 2.24) is 15.0 Å². The fraction of sp³-hybridized carbons (Fsp3) is 0.188. The predicted octanol–water partition coefficient (Wildman–Crippen LogP) is 12.3. The van der Waals surface area contributed by atoms with E-state index in [1.54, 1.807) is 24.4 Å². The van der Waals surface area contributed by atoms with Crippen LogP contribution in [-0.2, 0) is 26.5 Å². The van der Waals surface area contributed by atoms with Crippen molar-refractivity contribution in [3.63, 3.8) is 0 Å². The molecule has 0 fully saturated rings. The number of pyridine rings is 3. The molecule has 9 rings (SSSR count). The van der Waals surface area contributed by atoms with E-state index in [1.807, 2.05) is 99.8 Å². The number of benzene rings is 4. The van der Waals surface area contributed by atoms with E-state index in [1.165, 1.54) is 17.3 Å². The van der Waals surface area contributed by atoms with Crippen LogP contribution in [0.1, 0.15) is 47.6 Å². The first-order valence-electron chi connectivity index (χ1n) is 19.9. The Kier molecular flexibility index (Phi) is 10.1. The van der Waals surface area contributed by atoms with Gasteiger partial charge in [0, 0.05) is 59.7 Å². The van der Waals surface area contributed by atoms with Crippen molar-refractivity contribution < 1.29 is 37.4 Å². The number of hydrogen-bond donors (Lipinski definition) is 0. The van der Waals surface area contributed by atoms with Crippen LogP contribution in [0.4, 0.5) is 4.39 Å². The number of nitrogens with zero attached hydrogens (tertiary/aromatic N) is 3. The monoisotopic (exact) mass is 935 g/mol. The van der Waals surface area contributed by atoms with Crippen molar-refractivity contribution in [1.29, 1.82) is 0 Å². The Morgan fingerprint density at radius 1 is 0.750 bits per heavy atom. The van der Waals surface area contributed by atoms with Crippen LogP contribution in [0.25, 0.3) is 66.5 Å². The Labute approximate surface area is 345 Å². The molecular formula is C48H42FIrN3O2Si-2. The van der Waals surface area contributed by atoms with Gasteiger partial charge in [0.2, 0.25) is 0 Å². The van der Waals surface area contributed by atoms with Crippen LogP contribution >= 0.6 is 0 Å². The van der Waals surface area contributed by atoms with Gasteiger partial charge in [-0.05, 0) is 70.1 Å². The minimum atomic E-state index is -1.48. The molecule has 4 aromatic carbocycles. The number of hydrogen-bond acceptors (Lipinski definition) is 5. The Morgan fingerprint density at radius 3 is 2.18 bits per heavy atom. The molecule has 5 nitrogen and oxygen atoms in total. The van der Waals surface area contributed by atoms with Crippen LogP contribution < -0.4 is 5.19 Å². The van der Waals surface area contributed by atoms with Crippen molar-refractivity contribution in [2.45, 2.75) is 52.7 Å². The second kappa shape index (κ2) is 16.1. The van der Waals surface area contributed by atoms with Gasteiger partial charge < -0.3 is 18.8 Å². The number of furan rings is 2. The molecule has 0 N–H and O–H groups in total. The van der Waals surface area contributed by atoms with Crippen LogP contribution in [-0.4, -0.2) is 23.0 Å². The molecule has 0 aliphatic rings. The van der Waals surface area contributed by atoms with Gasteiger partial charge >= 0.3 is 0 Å². The first kappa shape index (κ1) is 35.2. The van der Waals surface area contributed by atoms with E-state index in [-0.39, 0.29) is 31.8 Å². The molecule has 0 aliphatic heterocycles. The van der Waals surface area contributed by atoms with Gasteiger partial charge in [-0.1, -0.05) is 111 Å². The van der Waals surface area contributed by atoms with E-state index in [2.05, 4.69) is 47.8 Å². The topological polar surface area (TPSA) is 65.0 Å². The summed E-state index contributed by atoms with van der Waals surface area (Å²) in [4.78, 5) is 14.0. The van der Waals surface area contributed by atoms with Gasteiger partial charge in [0.1, 0.15) is 17.0 Å². The second-order valence-electron chi connectivity index (χ2n) is 15.0. The summed E-state index contributed by atoms with van der Waals surface area (Å²) in [6, 6.07) is 39.6. The Bertz CT molecular complexity index is 2940. The fourth-order valence-electron chi connectivity index (χ4n) is 6.72. The van der Waals surface area contributed by atoms with E-state index in [0.717, 1.165) is 33.0 Å². The molecule has 0 spiro atoms. The molecule has 9 aromatic rings. The Hall–Kier alpha value is -5.27. The minimum Gasteiger partial charge on any atom is -0.500 e. The summed E-state index contributed by atoms with van der Waals surface area (Å²) < 4.78 is 51.5. The summed E-state index contributed by atoms with van der Waals surface area (Å²) in [6.45, 7) is 12.5. The van der Waals surface area contributed by atoms with E-state index in [0.29, 0.717) is 50.4 Å². The van der Waals surface area contributed by atoms with Gasteiger partial charge in [0.15, 0.2) is 0 Å². The van der Waals surface area contributed by atoms with E-state index in [4.69, 9.17) is 17.9 Å². The minimum absolute atomic E-state index is 0. The van der Waals surface area contributed by atoms with E-state index >= 15 is 0 Å². The van der Waals surface area contributed by atoms with Crippen molar-refractivity contribution in [2.75, 3.05) is 0 Å². The van der Waals surface area contributed by atoms with Gasteiger partial charge in [-0.25, -0.2) is 9.37 Å². The third-order valence-electron chi connectivity index (χ3n) is 9.62. The van der Waals surface area contributed by atoms with Crippen LogP contribution in [0.15, 0.2) is 130 Å². The van der Waals surface area contributed by atoms with Crippen molar-refractivity contribution in [3.8, 4) is 22.5 Å². The quantitative estimate of drug-likeness (QED) is 0.118. The number of aromatic nitrogens is 3. The maximum atomic E-state index is 13.5. The molecular weight excluding hydrogens is 890 g/mol. The summed E-state index contributed by atoms with van der Waals surface area (Å²) >= 11 is 0. The first-order valence-corrected chi connectivity index (χ1v) is 21.9. The molecule has 0 bridgehead atoms. The average molecular weight is 935 g/mol. The molecule has 0 amide bonds. The van der Waals surface area contributed by atoms with E-state index < -0.39 is 20.3 Å². The molecule has 8 heteroatoms. The van der Waals surface area contributed by atoms with Gasteiger partial charge in [-0.3, -0.25) is 0 Å². The molecule has 0 saturated carbocycles. The molecule has 1 radical (unpaired) electrons. The zero-order valence-electron chi connectivity index (χ0n) is 35.0. The van der Waals surface area contributed by atoms with Crippen LogP contribution in [0.3, 0.4) is 0 Å². The van der Waals surface area contributed by atoms with E-state index in [9.17, 15) is 4.39 Å². The predicted molar refractivity (Wildman–Crippen MR) is 225 cm³/mol. The third kappa shape index (κ3) is 7.87. The molecule has 5 heterocycles. The number of rotatable bonds is 7. The summed E-state index contributed by atoms with van der Waals surface area (Å²) in [5.41, 5.74) is 8.12. The van der Waals surface area contributed by atoms with Gasteiger partial charge in [0.25, 0.3) is 0 Å². The van der Waals surface area contributed by atoms with Crippen molar-refractivity contribution >= 4 is 57.3 Å². The first-order chi connectivity index (χ1) is 27.6. The molecule has 56 heavy (non-hydrogen) atoms. The average Bonchev–Trinajstić information content (AvgIpc) is 3.79. The number of halogens is 1. The van der Waals surface area contributed by atoms with Crippen molar-refractivity contribution in [3.05, 3.63) is 156 Å². The normalized spacial score (nSPS) is 13.8. The summed E-state index contributed by atoms with van der Waals surface area (Å²) in [5.74, 6) is -1.49. The van der Waals surface area contributed by atoms with Crippen molar-refractivity contribution in [2.24, 2.45) is 5.92 Å².